The second kappa shape index (κ2) is 7.68. The number of fused-ring (bicyclic) bond motifs is 3. The summed E-state index contributed by atoms with van der Waals surface area (Å²) < 4.78 is 36.4. The molecule has 0 aliphatic heterocycles. The fourth-order valence-corrected chi connectivity index (χ4v) is 3.82. The van der Waals surface area contributed by atoms with Crippen molar-refractivity contribution in [3.63, 3.8) is 0 Å². The summed E-state index contributed by atoms with van der Waals surface area (Å²) in [7, 11) is -4.33. The molecule has 0 amide bonds. The molecule has 1 unspecified atom stereocenters. The van der Waals surface area contributed by atoms with Crippen LogP contribution in [0, 0.1) is 0 Å². The van der Waals surface area contributed by atoms with Crippen molar-refractivity contribution in [3.8, 4) is 11.1 Å². The van der Waals surface area contributed by atoms with Gasteiger partial charge >= 0.3 is 0 Å². The van der Waals surface area contributed by atoms with Crippen LogP contribution in [0.15, 0.2) is 42.5 Å². The first-order chi connectivity index (χ1) is 12.4. The molecule has 2 aromatic carbocycles. The SMILES string of the molecule is O=C1CCCCC1c1cccc2c1Cc1ccccc1-2.O=S(=O)(O)CF. The first-order valence-electron chi connectivity index (χ1n) is 8.64. The van der Waals surface area contributed by atoms with Gasteiger partial charge in [-0.3, -0.25) is 9.35 Å². The highest BCUT2D eigenvalue weighted by molar-refractivity contribution is 7.85. The van der Waals surface area contributed by atoms with Gasteiger partial charge < -0.3 is 0 Å². The molecule has 2 aliphatic carbocycles. The number of carbonyl (C=O) groups excluding carboxylic acids is 1. The van der Waals surface area contributed by atoms with Gasteiger partial charge in [0.1, 0.15) is 5.78 Å². The van der Waals surface area contributed by atoms with Crippen molar-refractivity contribution >= 4 is 15.9 Å². The summed E-state index contributed by atoms with van der Waals surface area (Å²) in [5.41, 5.74) is 6.79. The predicted octanol–water partition coefficient (Wildman–Crippen LogP) is 4.29. The Balaban J connectivity index is 0.000000286. The van der Waals surface area contributed by atoms with E-state index in [1.807, 2.05) is 0 Å². The number of carbonyl (C=O) groups is 1. The summed E-state index contributed by atoms with van der Waals surface area (Å²) in [6.45, 7) is 0. The van der Waals surface area contributed by atoms with Crippen LogP contribution in [0.4, 0.5) is 4.39 Å². The topological polar surface area (TPSA) is 71.4 Å². The van der Waals surface area contributed by atoms with Gasteiger partial charge in [-0.1, -0.05) is 48.9 Å². The highest BCUT2D eigenvalue weighted by Crippen LogP contribution is 2.42. The van der Waals surface area contributed by atoms with E-state index in [4.69, 9.17) is 4.55 Å². The van der Waals surface area contributed by atoms with E-state index < -0.39 is 16.1 Å². The third kappa shape index (κ3) is 4.02. The molecule has 0 bridgehead atoms. The summed E-state index contributed by atoms with van der Waals surface area (Å²) in [5, 5.41) is 0. The maximum atomic E-state index is 12.3. The van der Waals surface area contributed by atoms with E-state index in [1.54, 1.807) is 0 Å². The van der Waals surface area contributed by atoms with Gasteiger partial charge in [-0.15, -0.1) is 0 Å². The number of hydrogen-bond acceptors (Lipinski definition) is 3. The van der Waals surface area contributed by atoms with Gasteiger partial charge in [-0.25, -0.2) is 4.39 Å². The largest absolute Gasteiger partial charge is 0.299 e. The summed E-state index contributed by atoms with van der Waals surface area (Å²) in [6.07, 6.45) is 5.05. The van der Waals surface area contributed by atoms with Crippen LogP contribution in [-0.2, 0) is 21.3 Å². The van der Waals surface area contributed by atoms with E-state index in [0.717, 1.165) is 25.7 Å². The first kappa shape index (κ1) is 18.7. The predicted molar refractivity (Wildman–Crippen MR) is 98.4 cm³/mol. The van der Waals surface area contributed by atoms with Gasteiger partial charge in [0.25, 0.3) is 10.1 Å². The Kier molecular flexibility index (Phi) is 5.53. The van der Waals surface area contributed by atoms with Crippen molar-refractivity contribution in [2.45, 2.75) is 38.0 Å². The second-order valence-electron chi connectivity index (χ2n) is 6.66. The third-order valence-electron chi connectivity index (χ3n) is 4.95. The van der Waals surface area contributed by atoms with E-state index in [1.165, 1.54) is 34.2 Å². The number of benzene rings is 2. The maximum Gasteiger partial charge on any atom is 0.294 e. The highest BCUT2D eigenvalue weighted by Gasteiger charge is 2.29. The minimum atomic E-state index is -4.33. The molecule has 4 rings (SSSR count). The Hall–Kier alpha value is -2.05. The molecule has 1 N–H and O–H groups in total. The highest BCUT2D eigenvalue weighted by atomic mass is 32.2. The normalized spacial score (nSPS) is 18.5. The number of ketones is 1. The Morgan fingerprint density at radius 2 is 1.73 bits per heavy atom. The monoisotopic (exact) mass is 376 g/mol. The van der Waals surface area contributed by atoms with Crippen molar-refractivity contribution in [2.24, 2.45) is 0 Å². The van der Waals surface area contributed by atoms with Crippen molar-refractivity contribution in [1.29, 1.82) is 0 Å². The average molecular weight is 376 g/mol. The molecule has 0 aromatic heterocycles. The van der Waals surface area contributed by atoms with Gasteiger partial charge in [0.05, 0.1) is 0 Å². The molecular weight excluding hydrogens is 355 g/mol. The molecule has 26 heavy (non-hydrogen) atoms. The quantitative estimate of drug-likeness (QED) is 0.678. The van der Waals surface area contributed by atoms with Gasteiger partial charge in [-0.05, 0) is 47.1 Å². The lowest BCUT2D eigenvalue weighted by Crippen LogP contribution is -2.18. The third-order valence-corrected chi connectivity index (χ3v) is 5.23. The zero-order valence-electron chi connectivity index (χ0n) is 14.3. The number of alkyl halides is 1. The first-order valence-corrected chi connectivity index (χ1v) is 10.3. The van der Waals surface area contributed by atoms with Crippen LogP contribution in [0.3, 0.4) is 0 Å². The van der Waals surface area contributed by atoms with Crippen molar-refractivity contribution in [1.82, 2.24) is 0 Å². The summed E-state index contributed by atoms with van der Waals surface area (Å²) >= 11 is 0. The smallest absolute Gasteiger partial charge is 0.294 e. The van der Waals surface area contributed by atoms with E-state index >= 15 is 0 Å². The summed E-state index contributed by atoms with van der Waals surface area (Å²) in [6, 6.07) is 13.4. The molecule has 0 heterocycles. The molecule has 2 aliphatic rings. The maximum absolute atomic E-state index is 12.3. The Bertz CT molecular complexity index is 921. The molecule has 4 nitrogen and oxygen atoms in total. The molecule has 138 valence electrons. The van der Waals surface area contributed by atoms with Gasteiger partial charge in [0.2, 0.25) is 6.01 Å². The number of hydrogen-bond donors (Lipinski definition) is 1. The minimum absolute atomic E-state index is 0.146. The van der Waals surface area contributed by atoms with E-state index in [2.05, 4.69) is 42.5 Å². The number of Topliss-reactive ketones (excluding diaryl/α,β-unsaturated/α-hetero) is 1. The Labute approximate surface area is 152 Å². The lowest BCUT2D eigenvalue weighted by atomic mass is 9.80. The molecule has 0 saturated heterocycles. The molecule has 1 fully saturated rings. The second-order valence-corrected chi connectivity index (χ2v) is 8.05. The zero-order valence-corrected chi connectivity index (χ0v) is 15.1. The van der Waals surface area contributed by atoms with Crippen LogP contribution in [-0.4, -0.2) is 24.8 Å². The lowest BCUT2D eigenvalue weighted by molar-refractivity contribution is -0.121. The number of rotatable bonds is 2. The van der Waals surface area contributed by atoms with Crippen molar-refractivity contribution in [2.75, 3.05) is 6.01 Å². The summed E-state index contributed by atoms with van der Waals surface area (Å²) in [4.78, 5) is 12.3. The van der Waals surface area contributed by atoms with Crippen LogP contribution in [0.25, 0.3) is 11.1 Å². The molecule has 0 spiro atoms. The van der Waals surface area contributed by atoms with Crippen molar-refractivity contribution < 1.29 is 22.2 Å². The van der Waals surface area contributed by atoms with Crippen molar-refractivity contribution in [3.05, 3.63) is 59.2 Å². The molecular formula is C20H21FO4S. The fraction of sp³-hybridized carbons (Fsp3) is 0.350. The van der Waals surface area contributed by atoms with E-state index in [0.29, 0.717) is 5.78 Å². The van der Waals surface area contributed by atoms with E-state index in [-0.39, 0.29) is 5.92 Å². The minimum Gasteiger partial charge on any atom is -0.299 e. The Morgan fingerprint density at radius 3 is 2.42 bits per heavy atom. The summed E-state index contributed by atoms with van der Waals surface area (Å²) in [5.74, 6) is 0.591. The Morgan fingerprint density at radius 1 is 1.04 bits per heavy atom. The molecule has 2 aromatic rings. The van der Waals surface area contributed by atoms with Crippen LogP contribution in [0.5, 0.6) is 0 Å². The van der Waals surface area contributed by atoms with Crippen LogP contribution >= 0.6 is 0 Å². The number of halogens is 1. The van der Waals surface area contributed by atoms with E-state index in [9.17, 15) is 17.6 Å². The van der Waals surface area contributed by atoms with Crippen LogP contribution in [0.2, 0.25) is 0 Å². The molecule has 1 saturated carbocycles. The molecule has 6 heteroatoms. The van der Waals surface area contributed by atoms with Gasteiger partial charge in [-0.2, -0.15) is 8.42 Å². The fourth-order valence-electron chi connectivity index (χ4n) is 3.82. The standard InChI is InChI=1S/C19H18O.CH3FO3S/c20-19-11-4-3-8-17(19)16-10-5-9-15-14-7-2-1-6-13(14)12-18(15)16;2-1-6(3,4)5/h1-2,5-7,9-10,17H,3-4,8,11-12H2;1H2,(H,3,4,5). The lowest BCUT2D eigenvalue weighted by Gasteiger charge is -2.23. The average Bonchev–Trinajstić information content (AvgIpc) is 3.01. The molecule has 0 radical (unpaired) electrons. The van der Waals surface area contributed by atoms with Gasteiger partial charge in [0.15, 0.2) is 0 Å². The molecule has 1 atom stereocenters. The van der Waals surface area contributed by atoms with Gasteiger partial charge in [0, 0.05) is 12.3 Å². The van der Waals surface area contributed by atoms with Crippen LogP contribution < -0.4 is 0 Å². The zero-order chi connectivity index (χ0) is 18.7. The van der Waals surface area contributed by atoms with Crippen LogP contribution in [0.1, 0.15) is 48.3 Å².